The molecule has 13 N–H and O–H groups in total. The Bertz CT molecular complexity index is 1660. The average Bonchev–Trinajstić information content (AvgIpc) is 3.73. The van der Waals surface area contributed by atoms with Crippen LogP contribution in [0.2, 0.25) is 0 Å². The molecule has 0 aromatic carbocycles. The number of nitrogens with two attached hydrogens (primary N) is 3. The number of carbonyl (C=O) groups is 9. The lowest BCUT2D eigenvalue weighted by molar-refractivity contribution is -0.154. The van der Waals surface area contributed by atoms with Gasteiger partial charge in [0.15, 0.2) is 5.96 Å². The zero-order chi connectivity index (χ0) is 49.6. The van der Waals surface area contributed by atoms with E-state index in [1.807, 2.05) is 0 Å². The van der Waals surface area contributed by atoms with Gasteiger partial charge in [-0.2, -0.15) is 0 Å². The zero-order valence-electron chi connectivity index (χ0n) is 39.9. The molecule has 370 valence electrons. The maximum atomic E-state index is 14.5. The molecule has 22 nitrogen and oxygen atoms in total. The summed E-state index contributed by atoms with van der Waals surface area (Å²) in [5, 5.41) is 26.6. The van der Waals surface area contributed by atoms with Gasteiger partial charge < -0.3 is 59.1 Å². The van der Waals surface area contributed by atoms with Gasteiger partial charge in [-0.05, 0) is 83.6 Å². The van der Waals surface area contributed by atoms with Crippen molar-refractivity contribution in [1.82, 2.24) is 41.7 Å². The van der Waals surface area contributed by atoms with Gasteiger partial charge in [-0.3, -0.25) is 53.0 Å². The number of aliphatic imine (C=N–C) groups is 1. The molecule has 1 heterocycles. The van der Waals surface area contributed by atoms with E-state index in [4.69, 9.17) is 17.2 Å². The first-order chi connectivity index (χ1) is 30.6. The number of unbranched alkanes of at least 4 members (excludes halogenated alkanes) is 1. The number of hydrogen-bond donors (Lipinski definition) is 10. The minimum absolute atomic E-state index is 0.0284. The van der Waals surface area contributed by atoms with Gasteiger partial charge in [0.2, 0.25) is 47.3 Å². The molecule has 65 heavy (non-hydrogen) atoms. The van der Waals surface area contributed by atoms with Gasteiger partial charge in [-0.1, -0.05) is 47.5 Å². The van der Waals surface area contributed by atoms with Crippen molar-refractivity contribution < 1.29 is 48.3 Å². The van der Waals surface area contributed by atoms with Gasteiger partial charge in [0, 0.05) is 33.5 Å². The normalized spacial score (nSPS) is 17.2. The van der Waals surface area contributed by atoms with Crippen molar-refractivity contribution in [3.63, 3.8) is 0 Å². The predicted octanol–water partition coefficient (Wildman–Crippen LogP) is -1.63. The molecule has 1 fully saturated rings. The van der Waals surface area contributed by atoms with Crippen LogP contribution < -0.4 is 49.1 Å². The molecular formula is C43H78N12O10. The van der Waals surface area contributed by atoms with Crippen LogP contribution in [0.1, 0.15) is 127 Å². The first-order valence-electron chi connectivity index (χ1n) is 22.9. The SMILES string of the molecule is CCC[C@H](NC(=O)[C@@H](NC(=O)[C@H](NC(=O)[C@@H](NC(C)=O)C(C)C)[C@@H](C)CC)[C@@H](C)O)C(=O)N(C(C)=O)[C@@H](CCCCN)C(=O)N[C@@H](CCCN=C(N)N)C(=O)N1CCC[C@H]1C(=O)NCC. The number of nitrogens with one attached hydrogen (secondary N) is 6. The number of carbonyl (C=O) groups excluding carboxylic acids is 9. The second-order valence-corrected chi connectivity index (χ2v) is 17.0. The van der Waals surface area contributed by atoms with Crippen LogP contribution in [0.5, 0.6) is 0 Å². The van der Waals surface area contributed by atoms with Crippen molar-refractivity contribution in [2.75, 3.05) is 26.2 Å². The van der Waals surface area contributed by atoms with E-state index in [2.05, 4.69) is 36.9 Å². The molecule has 9 amide bonds. The number of likely N-dealkylation sites (N-methyl/N-ethyl adjacent to an activating group) is 1. The topological polar surface area (TPSA) is 343 Å². The van der Waals surface area contributed by atoms with Crippen molar-refractivity contribution in [1.29, 1.82) is 0 Å². The predicted molar refractivity (Wildman–Crippen MR) is 244 cm³/mol. The van der Waals surface area contributed by atoms with Crippen molar-refractivity contribution >= 4 is 59.1 Å². The Morgan fingerprint density at radius 2 is 1.35 bits per heavy atom. The highest BCUT2D eigenvalue weighted by atomic mass is 16.3. The summed E-state index contributed by atoms with van der Waals surface area (Å²) in [6.45, 7) is 15.0. The number of guanidine groups is 1. The number of hydrogen-bond acceptors (Lipinski definition) is 12. The Hall–Kier alpha value is -5.38. The molecule has 0 unspecified atom stereocenters. The molecule has 1 aliphatic heterocycles. The first-order valence-corrected chi connectivity index (χ1v) is 22.9. The molecule has 0 aromatic heterocycles. The molecule has 0 saturated carbocycles. The van der Waals surface area contributed by atoms with Crippen LogP contribution in [0, 0.1) is 11.8 Å². The lowest BCUT2D eigenvalue weighted by Gasteiger charge is -2.34. The van der Waals surface area contributed by atoms with E-state index >= 15 is 0 Å². The summed E-state index contributed by atoms with van der Waals surface area (Å²) in [7, 11) is 0. The fraction of sp³-hybridized carbons (Fsp3) is 0.767. The van der Waals surface area contributed by atoms with Crippen molar-refractivity contribution in [2.24, 2.45) is 34.0 Å². The number of amides is 9. The number of imide groups is 1. The lowest BCUT2D eigenvalue weighted by atomic mass is 9.96. The largest absolute Gasteiger partial charge is 0.391 e. The Labute approximate surface area is 383 Å². The molecule has 1 aliphatic rings. The van der Waals surface area contributed by atoms with Gasteiger partial charge in [0.05, 0.1) is 6.10 Å². The molecule has 0 aromatic rings. The third kappa shape index (κ3) is 18.6. The standard InChI is InChI=1S/C43H78N12O10/c1-10-17-29(51-40(63)35(26(7)56)53-39(62)34(25(6)11-2)52-38(61)33(24(4)5)49-27(8)57)42(65)55(28(9)58)32(19-13-14-21-44)37(60)50-30(18-15-22-48-43(45)46)41(64)54-23-16-20-31(54)36(59)47-12-3/h24-26,29-35,56H,10-23,44H2,1-9H3,(H,47,59)(H,49,57)(H,50,60)(H,51,63)(H,52,61)(H,53,62)(H4,45,46,48)/t25-,26+,29-,30-,31-,32-,33-,34+,35-/m0/s1. The van der Waals surface area contributed by atoms with E-state index in [0.29, 0.717) is 38.6 Å². The summed E-state index contributed by atoms with van der Waals surface area (Å²) in [4.78, 5) is 129. The average molecular weight is 923 g/mol. The Balaban J connectivity index is 3.59. The van der Waals surface area contributed by atoms with Gasteiger partial charge >= 0.3 is 0 Å². The summed E-state index contributed by atoms with van der Waals surface area (Å²) in [6, 6.07) is -8.70. The second kappa shape index (κ2) is 29.2. The van der Waals surface area contributed by atoms with Crippen LogP contribution in [-0.2, 0) is 43.2 Å². The number of likely N-dealkylation sites (tertiary alicyclic amines) is 1. The number of rotatable bonds is 28. The fourth-order valence-electron chi connectivity index (χ4n) is 7.53. The summed E-state index contributed by atoms with van der Waals surface area (Å²) in [5.41, 5.74) is 16.8. The molecule has 1 rings (SSSR count). The quantitative estimate of drug-likeness (QED) is 0.0240. The first kappa shape index (κ1) is 57.6. The van der Waals surface area contributed by atoms with E-state index in [0.717, 1.165) is 11.8 Å². The molecule has 1 saturated heterocycles. The van der Waals surface area contributed by atoms with Gasteiger partial charge in [-0.25, -0.2) is 0 Å². The van der Waals surface area contributed by atoms with E-state index in [-0.39, 0.29) is 69.5 Å². The van der Waals surface area contributed by atoms with Crippen LogP contribution in [0.25, 0.3) is 0 Å². The van der Waals surface area contributed by atoms with Crippen LogP contribution in [-0.4, -0.2) is 149 Å². The molecule has 9 atom stereocenters. The third-order valence-electron chi connectivity index (χ3n) is 11.2. The smallest absolute Gasteiger partial charge is 0.252 e. The van der Waals surface area contributed by atoms with Gasteiger partial charge in [0.25, 0.3) is 5.91 Å². The number of aliphatic hydroxyl groups is 1. The van der Waals surface area contributed by atoms with Crippen LogP contribution in [0.3, 0.4) is 0 Å². The summed E-state index contributed by atoms with van der Waals surface area (Å²) >= 11 is 0. The zero-order valence-corrected chi connectivity index (χ0v) is 39.9. The summed E-state index contributed by atoms with van der Waals surface area (Å²) < 4.78 is 0. The molecule has 0 aliphatic carbocycles. The van der Waals surface area contributed by atoms with E-state index < -0.39 is 102 Å². The Morgan fingerprint density at radius 3 is 1.88 bits per heavy atom. The highest BCUT2D eigenvalue weighted by Gasteiger charge is 2.42. The summed E-state index contributed by atoms with van der Waals surface area (Å²) in [5.74, 6) is -7.35. The van der Waals surface area contributed by atoms with Crippen molar-refractivity contribution in [3.8, 4) is 0 Å². The molecule has 0 bridgehead atoms. The molecule has 0 spiro atoms. The van der Waals surface area contributed by atoms with Gasteiger partial charge in [0.1, 0.15) is 42.3 Å². The van der Waals surface area contributed by atoms with E-state index in [1.165, 1.54) is 18.7 Å². The van der Waals surface area contributed by atoms with E-state index in [9.17, 15) is 48.3 Å². The number of nitrogens with zero attached hydrogens (tertiary/aromatic N) is 3. The highest BCUT2D eigenvalue weighted by molar-refractivity contribution is 6.04. The maximum Gasteiger partial charge on any atom is 0.252 e. The maximum absolute atomic E-state index is 14.5. The minimum atomic E-state index is -1.65. The lowest BCUT2D eigenvalue weighted by Crippen LogP contribution is -2.63. The third-order valence-corrected chi connectivity index (χ3v) is 11.2. The minimum Gasteiger partial charge on any atom is -0.391 e. The molecular weight excluding hydrogens is 845 g/mol. The van der Waals surface area contributed by atoms with Crippen LogP contribution in [0.4, 0.5) is 0 Å². The van der Waals surface area contributed by atoms with Crippen LogP contribution in [0.15, 0.2) is 4.99 Å². The fourth-order valence-corrected chi connectivity index (χ4v) is 7.53. The van der Waals surface area contributed by atoms with Crippen LogP contribution >= 0.6 is 0 Å². The molecule has 22 heteroatoms. The Kier molecular flexibility index (Phi) is 25.9. The van der Waals surface area contributed by atoms with Crippen molar-refractivity contribution in [2.45, 2.75) is 175 Å². The molecule has 0 radical (unpaired) electrons. The monoisotopic (exact) mass is 923 g/mol. The van der Waals surface area contributed by atoms with E-state index in [1.54, 1.807) is 41.5 Å². The Morgan fingerprint density at radius 1 is 0.754 bits per heavy atom. The highest BCUT2D eigenvalue weighted by Crippen LogP contribution is 2.21. The number of aliphatic hydroxyl groups excluding tert-OH is 1. The second-order valence-electron chi connectivity index (χ2n) is 17.0. The van der Waals surface area contributed by atoms with Gasteiger partial charge in [-0.15, -0.1) is 0 Å². The van der Waals surface area contributed by atoms with Crippen molar-refractivity contribution in [3.05, 3.63) is 0 Å². The summed E-state index contributed by atoms with van der Waals surface area (Å²) in [6.07, 6.45) is 1.08.